The lowest BCUT2D eigenvalue weighted by Crippen LogP contribution is -2.56. The summed E-state index contributed by atoms with van der Waals surface area (Å²) in [5.41, 5.74) is 3.29. The number of hydrogen-bond donors (Lipinski definition) is 0. The van der Waals surface area contributed by atoms with Crippen molar-refractivity contribution in [3.05, 3.63) is 66.4 Å². The number of carbonyl (C=O) groups excluding carboxylic acids is 2. The zero-order valence-electron chi connectivity index (χ0n) is 20.1. The Morgan fingerprint density at radius 3 is 2.56 bits per heavy atom. The highest BCUT2D eigenvalue weighted by atomic mass is 16.5. The lowest BCUT2D eigenvalue weighted by Gasteiger charge is -2.41. The van der Waals surface area contributed by atoms with Crippen molar-refractivity contribution in [2.24, 2.45) is 16.8 Å². The molecule has 2 aromatic carbocycles. The summed E-state index contributed by atoms with van der Waals surface area (Å²) in [6.07, 6.45) is 4.47. The molecule has 0 bridgehead atoms. The molecule has 2 saturated heterocycles. The Bertz CT molecular complexity index is 1380. The van der Waals surface area contributed by atoms with Crippen LogP contribution in [0, 0.1) is 11.8 Å². The molecule has 1 spiro atoms. The van der Waals surface area contributed by atoms with E-state index in [-0.39, 0.29) is 23.7 Å². The van der Waals surface area contributed by atoms with E-state index >= 15 is 0 Å². The van der Waals surface area contributed by atoms with E-state index in [0.29, 0.717) is 26.2 Å². The molecule has 1 aromatic heterocycles. The van der Waals surface area contributed by atoms with E-state index < -0.39 is 5.54 Å². The topological polar surface area (TPSA) is 75.1 Å². The lowest BCUT2D eigenvalue weighted by molar-refractivity contribution is -0.140. The molecule has 1 unspecified atom stereocenters. The molecule has 3 aliphatic heterocycles. The summed E-state index contributed by atoms with van der Waals surface area (Å²) >= 11 is 0. The number of likely N-dealkylation sites (tertiary alicyclic amines) is 1. The first-order valence-corrected chi connectivity index (χ1v) is 12.8. The highest BCUT2D eigenvalue weighted by molar-refractivity contribution is 6.15. The molecule has 7 rings (SSSR count). The number of nitrogens with zero attached hydrogens (tertiary/aromatic N) is 4. The van der Waals surface area contributed by atoms with Crippen molar-refractivity contribution in [1.82, 2.24) is 14.8 Å². The van der Waals surface area contributed by atoms with Crippen molar-refractivity contribution in [1.29, 1.82) is 0 Å². The van der Waals surface area contributed by atoms with Crippen LogP contribution in [0.2, 0.25) is 0 Å². The molecule has 4 heterocycles. The third-order valence-corrected chi connectivity index (χ3v) is 7.94. The summed E-state index contributed by atoms with van der Waals surface area (Å²) in [5, 5.41) is 1.12. The maximum atomic E-state index is 13.6. The number of amidine groups is 1. The van der Waals surface area contributed by atoms with Gasteiger partial charge in [0.15, 0.2) is 5.54 Å². The van der Waals surface area contributed by atoms with Gasteiger partial charge in [-0.3, -0.25) is 19.5 Å². The summed E-state index contributed by atoms with van der Waals surface area (Å²) in [6.45, 7) is 2.94. The number of aromatic nitrogens is 1. The standard InChI is InChI=1S/C29H28N4O3/c34-27(23-8-9-23)32-15-19(16-32)17-33-26(31-29(28(33)35)11-13-36-18-29)22-6-3-20(4-7-22)24-10-5-21-2-1-12-30-25(21)14-24/h1-7,10,12,14,19,23H,8-9,11,13,15-18H2. The smallest absolute Gasteiger partial charge is 0.258 e. The first-order chi connectivity index (χ1) is 17.6. The van der Waals surface area contributed by atoms with E-state index in [4.69, 9.17) is 9.73 Å². The average Bonchev–Trinajstić information content (AvgIpc) is 3.58. The van der Waals surface area contributed by atoms with Gasteiger partial charge in [0.1, 0.15) is 5.84 Å². The molecule has 2 amide bonds. The fourth-order valence-corrected chi connectivity index (χ4v) is 5.63. The normalized spacial score (nSPS) is 24.0. The Kier molecular flexibility index (Phi) is 4.96. The molecule has 0 N–H and O–H groups in total. The lowest BCUT2D eigenvalue weighted by atomic mass is 9.96. The molecule has 3 aromatic rings. The van der Waals surface area contributed by atoms with Crippen molar-refractivity contribution in [2.45, 2.75) is 24.8 Å². The predicted molar refractivity (Wildman–Crippen MR) is 136 cm³/mol. The fraction of sp³-hybridized carbons (Fsp3) is 0.379. The molecule has 1 saturated carbocycles. The summed E-state index contributed by atoms with van der Waals surface area (Å²) in [7, 11) is 0. The summed E-state index contributed by atoms with van der Waals surface area (Å²) in [6, 6.07) is 18.6. The van der Waals surface area contributed by atoms with Gasteiger partial charge in [0.25, 0.3) is 5.91 Å². The molecule has 36 heavy (non-hydrogen) atoms. The molecule has 0 radical (unpaired) electrons. The van der Waals surface area contributed by atoms with Crippen molar-refractivity contribution in [3.63, 3.8) is 0 Å². The number of carbonyl (C=O) groups is 2. The van der Waals surface area contributed by atoms with Gasteiger partial charge < -0.3 is 9.64 Å². The molecule has 1 atom stereocenters. The van der Waals surface area contributed by atoms with Crippen LogP contribution in [-0.4, -0.2) is 70.8 Å². The van der Waals surface area contributed by atoms with Crippen molar-refractivity contribution >= 4 is 28.6 Å². The fourth-order valence-electron chi connectivity index (χ4n) is 5.63. The molecule has 7 nitrogen and oxygen atoms in total. The number of pyridine rings is 1. The molecule has 3 fully saturated rings. The molecule has 4 aliphatic rings. The van der Waals surface area contributed by atoms with Crippen molar-refractivity contribution in [2.75, 3.05) is 32.8 Å². The summed E-state index contributed by atoms with van der Waals surface area (Å²) in [5.74, 6) is 1.57. The summed E-state index contributed by atoms with van der Waals surface area (Å²) < 4.78 is 5.61. The Morgan fingerprint density at radius 2 is 1.81 bits per heavy atom. The molecule has 1 aliphatic carbocycles. The van der Waals surface area contributed by atoms with Gasteiger partial charge in [-0.15, -0.1) is 0 Å². The van der Waals surface area contributed by atoms with Crippen LogP contribution in [0.15, 0.2) is 65.8 Å². The van der Waals surface area contributed by atoms with E-state index in [1.165, 1.54) is 0 Å². The summed E-state index contributed by atoms with van der Waals surface area (Å²) in [4.78, 5) is 39.2. The van der Waals surface area contributed by atoms with Crippen LogP contribution >= 0.6 is 0 Å². The third kappa shape index (κ3) is 3.61. The minimum atomic E-state index is -0.800. The molecular formula is C29H28N4O3. The van der Waals surface area contributed by atoms with E-state index in [1.807, 2.05) is 22.1 Å². The quantitative estimate of drug-likeness (QED) is 0.560. The van der Waals surface area contributed by atoms with Crippen LogP contribution in [-0.2, 0) is 14.3 Å². The van der Waals surface area contributed by atoms with Gasteiger partial charge in [-0.2, -0.15) is 0 Å². The highest BCUT2D eigenvalue weighted by Gasteiger charge is 2.52. The maximum absolute atomic E-state index is 13.6. The van der Waals surface area contributed by atoms with Gasteiger partial charge in [-0.25, -0.2) is 4.99 Å². The van der Waals surface area contributed by atoms with Crippen LogP contribution in [0.4, 0.5) is 0 Å². The van der Waals surface area contributed by atoms with Gasteiger partial charge in [0.05, 0.1) is 12.1 Å². The number of fused-ring (bicyclic) bond motifs is 1. The maximum Gasteiger partial charge on any atom is 0.258 e. The van der Waals surface area contributed by atoms with Crippen LogP contribution in [0.5, 0.6) is 0 Å². The number of benzene rings is 2. The molecule has 7 heteroatoms. The second-order valence-corrected chi connectivity index (χ2v) is 10.6. The van der Waals surface area contributed by atoms with Gasteiger partial charge in [-0.05, 0) is 36.1 Å². The number of rotatable bonds is 5. The van der Waals surface area contributed by atoms with E-state index in [0.717, 1.165) is 59.4 Å². The van der Waals surface area contributed by atoms with Crippen molar-refractivity contribution in [3.8, 4) is 11.1 Å². The zero-order valence-corrected chi connectivity index (χ0v) is 20.1. The monoisotopic (exact) mass is 480 g/mol. The van der Waals surface area contributed by atoms with Gasteiger partial charge >= 0.3 is 0 Å². The zero-order chi connectivity index (χ0) is 24.3. The largest absolute Gasteiger partial charge is 0.378 e. The Morgan fingerprint density at radius 1 is 1.03 bits per heavy atom. The van der Waals surface area contributed by atoms with E-state index in [9.17, 15) is 9.59 Å². The second-order valence-electron chi connectivity index (χ2n) is 10.6. The second kappa shape index (κ2) is 8.23. The number of aliphatic imine (C=N–C) groups is 1. The van der Waals surface area contributed by atoms with Gasteiger partial charge in [-0.1, -0.05) is 42.5 Å². The van der Waals surface area contributed by atoms with Crippen LogP contribution < -0.4 is 0 Å². The first-order valence-electron chi connectivity index (χ1n) is 12.8. The minimum absolute atomic E-state index is 0.0339. The van der Waals surface area contributed by atoms with Crippen LogP contribution in [0.1, 0.15) is 24.8 Å². The number of hydrogen-bond acceptors (Lipinski definition) is 5. The van der Waals surface area contributed by atoms with Crippen LogP contribution in [0.25, 0.3) is 22.0 Å². The highest BCUT2D eigenvalue weighted by Crippen LogP contribution is 2.37. The van der Waals surface area contributed by atoms with E-state index in [1.54, 1.807) is 0 Å². The predicted octanol–water partition coefficient (Wildman–Crippen LogP) is 3.52. The van der Waals surface area contributed by atoms with Crippen molar-refractivity contribution < 1.29 is 14.3 Å². The first kappa shape index (κ1) is 21.7. The Hall–Kier alpha value is -3.58. The van der Waals surface area contributed by atoms with Gasteiger partial charge in [0.2, 0.25) is 5.91 Å². The Labute approximate surface area is 209 Å². The Balaban J connectivity index is 1.14. The number of ether oxygens (including phenoxy) is 1. The number of amides is 2. The third-order valence-electron chi connectivity index (χ3n) is 7.94. The SMILES string of the molecule is O=C(C1CC1)N1CC(CN2C(=O)C3(CCOC3)N=C2c2ccc(-c3ccc4cccnc4c3)cc2)C1. The van der Waals surface area contributed by atoms with Gasteiger partial charge in [0, 0.05) is 61.6 Å². The minimum Gasteiger partial charge on any atom is -0.378 e. The average molecular weight is 481 g/mol. The molecular weight excluding hydrogens is 452 g/mol. The van der Waals surface area contributed by atoms with Crippen LogP contribution in [0.3, 0.4) is 0 Å². The van der Waals surface area contributed by atoms with E-state index in [2.05, 4.69) is 53.5 Å². The molecule has 182 valence electrons.